The van der Waals surface area contributed by atoms with Crippen molar-refractivity contribution in [2.45, 2.75) is 13.3 Å². The Morgan fingerprint density at radius 3 is 2.27 bits per heavy atom. The normalized spacial score (nSPS) is 8.45. The fourth-order valence-corrected chi connectivity index (χ4v) is 0.828. The van der Waals surface area contributed by atoms with Crippen molar-refractivity contribution in [3.05, 3.63) is 35.9 Å². The van der Waals surface area contributed by atoms with Crippen LogP contribution in [0.2, 0.25) is 0 Å². The molecule has 1 aromatic rings. The number of hydrogen-bond donors (Lipinski definition) is 0. The van der Waals surface area contributed by atoms with E-state index in [9.17, 15) is 4.79 Å². The molecule has 0 aliphatic carbocycles. The second-order valence-corrected chi connectivity index (χ2v) is 2.14. The molecule has 0 amide bonds. The van der Waals surface area contributed by atoms with Crippen molar-refractivity contribution in [2.75, 3.05) is 0 Å². The van der Waals surface area contributed by atoms with Crippen LogP contribution in [-0.2, 0) is 0 Å². The van der Waals surface area contributed by atoms with Crippen LogP contribution in [0, 0.1) is 0 Å². The highest BCUT2D eigenvalue weighted by Gasteiger charge is 1.98. The first-order valence-corrected chi connectivity index (χ1v) is 3.43. The van der Waals surface area contributed by atoms with E-state index >= 15 is 0 Å². The summed E-state index contributed by atoms with van der Waals surface area (Å²) in [6, 6.07) is 9.34. The van der Waals surface area contributed by atoms with Gasteiger partial charge < -0.3 is 0 Å². The summed E-state index contributed by atoms with van der Waals surface area (Å²) in [7, 11) is 0. The zero-order valence-corrected chi connectivity index (χ0v) is 7.23. The van der Waals surface area contributed by atoms with Gasteiger partial charge in [-0.1, -0.05) is 37.3 Å². The smallest absolute Gasteiger partial charge is 0.162 e. The minimum atomic E-state index is 0. The van der Waals surface area contributed by atoms with Crippen molar-refractivity contribution in [1.29, 1.82) is 0 Å². The molecule has 0 aromatic heterocycles. The zero-order chi connectivity index (χ0) is 7.40. The van der Waals surface area contributed by atoms with E-state index in [-0.39, 0.29) is 18.2 Å². The Labute approximate surface area is 72.8 Å². The van der Waals surface area contributed by atoms with Gasteiger partial charge in [0.1, 0.15) is 0 Å². The maximum absolute atomic E-state index is 11.0. The van der Waals surface area contributed by atoms with Gasteiger partial charge in [-0.3, -0.25) is 4.79 Å². The van der Waals surface area contributed by atoms with Gasteiger partial charge in [-0.2, -0.15) is 0 Å². The fourth-order valence-electron chi connectivity index (χ4n) is 0.828. The Bertz CT molecular complexity index is 218. The van der Waals surface area contributed by atoms with Crippen molar-refractivity contribution in [3.8, 4) is 0 Å². The third-order valence-electron chi connectivity index (χ3n) is 1.42. The minimum Gasteiger partial charge on any atom is -0.294 e. The summed E-state index contributed by atoms with van der Waals surface area (Å²) in [5.74, 6) is 0.209. The van der Waals surface area contributed by atoms with E-state index in [0.29, 0.717) is 6.42 Å². The highest BCUT2D eigenvalue weighted by atomic mass is 35.5. The maximum atomic E-state index is 11.0. The molecule has 0 atom stereocenters. The minimum absolute atomic E-state index is 0. The second-order valence-electron chi connectivity index (χ2n) is 2.14. The summed E-state index contributed by atoms with van der Waals surface area (Å²) in [5.41, 5.74) is 0.810. The molecule has 0 fully saturated rings. The van der Waals surface area contributed by atoms with Gasteiger partial charge in [-0.25, -0.2) is 0 Å². The molecular weight excluding hydrogens is 160 g/mol. The Morgan fingerprint density at radius 1 is 1.27 bits per heavy atom. The number of Topliss-reactive ketones (excluding diaryl/α,β-unsaturated/α-hetero) is 1. The summed E-state index contributed by atoms with van der Waals surface area (Å²) in [5, 5.41) is 0. The molecule has 0 N–H and O–H groups in total. The van der Waals surface area contributed by atoms with Gasteiger partial charge in [0.05, 0.1) is 0 Å². The van der Waals surface area contributed by atoms with Gasteiger partial charge in [0.25, 0.3) is 0 Å². The summed E-state index contributed by atoms with van der Waals surface area (Å²) >= 11 is 0. The molecule has 0 heterocycles. The van der Waals surface area contributed by atoms with Crippen LogP contribution in [-0.4, -0.2) is 5.78 Å². The Morgan fingerprint density at radius 2 is 1.82 bits per heavy atom. The highest BCUT2D eigenvalue weighted by Crippen LogP contribution is 2.01. The van der Waals surface area contributed by atoms with Crippen LogP contribution >= 0.6 is 12.4 Å². The number of hydrogen-bond acceptors (Lipinski definition) is 1. The van der Waals surface area contributed by atoms with E-state index in [1.54, 1.807) is 0 Å². The van der Waals surface area contributed by atoms with Gasteiger partial charge in [0.2, 0.25) is 0 Å². The molecule has 0 saturated carbocycles. The monoisotopic (exact) mass is 170 g/mol. The van der Waals surface area contributed by atoms with E-state index < -0.39 is 0 Å². The van der Waals surface area contributed by atoms with Crippen LogP contribution in [0.1, 0.15) is 23.7 Å². The molecular formula is C9H11ClO. The van der Waals surface area contributed by atoms with Crippen LogP contribution in [0.15, 0.2) is 30.3 Å². The predicted octanol–water partition coefficient (Wildman–Crippen LogP) is 2.70. The lowest BCUT2D eigenvalue weighted by Crippen LogP contribution is -1.94. The molecule has 2 heteroatoms. The topological polar surface area (TPSA) is 17.1 Å². The van der Waals surface area contributed by atoms with Crippen molar-refractivity contribution < 1.29 is 4.79 Å². The maximum Gasteiger partial charge on any atom is 0.162 e. The Hall–Kier alpha value is -0.820. The van der Waals surface area contributed by atoms with Gasteiger partial charge >= 0.3 is 0 Å². The van der Waals surface area contributed by atoms with E-state index in [1.165, 1.54) is 0 Å². The van der Waals surface area contributed by atoms with E-state index in [2.05, 4.69) is 0 Å². The van der Waals surface area contributed by atoms with Gasteiger partial charge in [-0.05, 0) is 0 Å². The molecule has 11 heavy (non-hydrogen) atoms. The average Bonchev–Trinajstić information content (AvgIpc) is 2.05. The van der Waals surface area contributed by atoms with E-state index in [0.717, 1.165) is 5.56 Å². The van der Waals surface area contributed by atoms with Crippen LogP contribution in [0.5, 0.6) is 0 Å². The summed E-state index contributed by atoms with van der Waals surface area (Å²) in [6.45, 7) is 1.87. The quantitative estimate of drug-likeness (QED) is 0.624. The van der Waals surface area contributed by atoms with Gasteiger partial charge in [0.15, 0.2) is 5.78 Å². The molecule has 0 saturated heterocycles. The van der Waals surface area contributed by atoms with Crippen LogP contribution in [0.3, 0.4) is 0 Å². The SMILES string of the molecule is CCC(=O)c1ccccc1.Cl. The highest BCUT2D eigenvalue weighted by molar-refractivity contribution is 5.95. The third-order valence-corrected chi connectivity index (χ3v) is 1.42. The zero-order valence-electron chi connectivity index (χ0n) is 6.41. The summed E-state index contributed by atoms with van der Waals surface area (Å²) in [4.78, 5) is 11.0. The second kappa shape index (κ2) is 4.91. The molecule has 0 bridgehead atoms. The molecule has 0 radical (unpaired) electrons. The fraction of sp³-hybridized carbons (Fsp3) is 0.222. The lowest BCUT2D eigenvalue weighted by molar-refractivity contribution is 0.0988. The number of rotatable bonds is 2. The van der Waals surface area contributed by atoms with E-state index in [4.69, 9.17) is 0 Å². The summed E-state index contributed by atoms with van der Waals surface area (Å²) in [6.07, 6.45) is 0.587. The lowest BCUT2D eigenvalue weighted by atomic mass is 10.1. The molecule has 0 unspecified atom stereocenters. The number of ketones is 1. The molecule has 1 nitrogen and oxygen atoms in total. The molecule has 1 rings (SSSR count). The molecule has 0 spiro atoms. The van der Waals surface area contributed by atoms with E-state index in [1.807, 2.05) is 37.3 Å². The number of carbonyl (C=O) groups is 1. The third kappa shape index (κ3) is 2.72. The van der Waals surface area contributed by atoms with Crippen LogP contribution in [0.25, 0.3) is 0 Å². The molecule has 60 valence electrons. The van der Waals surface area contributed by atoms with Crippen molar-refractivity contribution in [2.24, 2.45) is 0 Å². The standard InChI is InChI=1S/C9H10O.ClH/c1-2-9(10)8-6-4-3-5-7-8;/h3-7H,2H2,1H3;1H. The van der Waals surface area contributed by atoms with Crippen LogP contribution < -0.4 is 0 Å². The number of carbonyl (C=O) groups excluding carboxylic acids is 1. The van der Waals surface area contributed by atoms with Crippen molar-refractivity contribution >= 4 is 18.2 Å². The number of halogens is 1. The summed E-state index contributed by atoms with van der Waals surface area (Å²) < 4.78 is 0. The first-order chi connectivity index (χ1) is 4.84. The first kappa shape index (κ1) is 10.2. The van der Waals surface area contributed by atoms with Gasteiger partial charge in [-0.15, -0.1) is 12.4 Å². The van der Waals surface area contributed by atoms with Crippen molar-refractivity contribution in [1.82, 2.24) is 0 Å². The largest absolute Gasteiger partial charge is 0.294 e. The Kier molecular flexibility index (Phi) is 4.55. The predicted molar refractivity (Wildman–Crippen MR) is 48.3 cm³/mol. The van der Waals surface area contributed by atoms with Crippen LogP contribution in [0.4, 0.5) is 0 Å². The van der Waals surface area contributed by atoms with Gasteiger partial charge in [0, 0.05) is 12.0 Å². The molecule has 0 aliphatic rings. The lowest BCUT2D eigenvalue weighted by Gasteiger charge is -1.93. The number of benzene rings is 1. The van der Waals surface area contributed by atoms with Crippen molar-refractivity contribution in [3.63, 3.8) is 0 Å². The molecule has 1 aromatic carbocycles. The average molecular weight is 171 g/mol. The Balaban J connectivity index is 0.000001000. The first-order valence-electron chi connectivity index (χ1n) is 3.43. The molecule has 0 aliphatic heterocycles.